The van der Waals surface area contributed by atoms with E-state index in [0.717, 1.165) is 5.56 Å². The summed E-state index contributed by atoms with van der Waals surface area (Å²) in [6, 6.07) is 8.89. The maximum Gasteiger partial charge on any atom is 0.241 e. The monoisotopic (exact) mass is 285 g/mol. The topological polar surface area (TPSA) is 80.1 Å². The number of amides is 2. The molecule has 0 spiro atoms. The van der Waals surface area contributed by atoms with Crippen LogP contribution in [0.2, 0.25) is 0 Å². The molecule has 0 saturated carbocycles. The highest BCUT2D eigenvalue weighted by molar-refractivity contribution is 6.07. The Hall–Kier alpha value is -2.70. The fourth-order valence-corrected chi connectivity index (χ4v) is 2.52. The van der Waals surface area contributed by atoms with Crippen molar-refractivity contribution < 1.29 is 9.59 Å². The summed E-state index contributed by atoms with van der Waals surface area (Å²) in [6.07, 6.45) is 1.37. The van der Waals surface area contributed by atoms with Gasteiger partial charge in [0.2, 0.25) is 17.8 Å². The molecule has 0 fully saturated rings. The molecule has 1 aliphatic rings. The van der Waals surface area contributed by atoms with E-state index in [1.165, 1.54) is 11.2 Å². The minimum atomic E-state index is -0.864. The van der Waals surface area contributed by atoms with Crippen molar-refractivity contribution in [3.63, 3.8) is 0 Å². The fourth-order valence-electron chi connectivity index (χ4n) is 2.52. The maximum absolute atomic E-state index is 12.4. The number of nitrogens with zero attached hydrogens (tertiary/aromatic N) is 4. The largest absolute Gasteiger partial charge is 0.348 e. The van der Waals surface area contributed by atoms with E-state index in [1.807, 2.05) is 30.3 Å². The average Bonchev–Trinajstić information content (AvgIpc) is 2.93. The lowest BCUT2D eigenvalue weighted by Gasteiger charge is -2.32. The summed E-state index contributed by atoms with van der Waals surface area (Å²) in [6.45, 7) is 0. The van der Waals surface area contributed by atoms with Crippen LogP contribution >= 0.6 is 0 Å². The van der Waals surface area contributed by atoms with Crippen LogP contribution in [0.25, 0.3) is 0 Å². The van der Waals surface area contributed by atoms with Gasteiger partial charge in [-0.2, -0.15) is 10.1 Å². The number of benzene rings is 1. The van der Waals surface area contributed by atoms with E-state index >= 15 is 0 Å². The van der Waals surface area contributed by atoms with Gasteiger partial charge in [0.05, 0.1) is 0 Å². The summed E-state index contributed by atoms with van der Waals surface area (Å²) in [5, 5.41) is 6.79. The van der Waals surface area contributed by atoms with Crippen LogP contribution < -0.4 is 5.32 Å². The first-order chi connectivity index (χ1) is 10.1. The zero-order valence-electron chi connectivity index (χ0n) is 11.7. The van der Waals surface area contributed by atoms with Gasteiger partial charge in [-0.3, -0.25) is 14.9 Å². The summed E-state index contributed by atoms with van der Waals surface area (Å²) in [5.41, 5.74) is 0.847. The molecule has 1 N–H and O–H groups in total. The summed E-state index contributed by atoms with van der Waals surface area (Å²) in [4.78, 5) is 30.2. The van der Waals surface area contributed by atoms with Crippen LogP contribution in [0.5, 0.6) is 0 Å². The molecule has 108 valence electrons. The molecule has 0 bridgehead atoms. The van der Waals surface area contributed by atoms with Crippen molar-refractivity contribution in [1.29, 1.82) is 0 Å². The Balaban J connectivity index is 2.14. The number of nitrogens with one attached hydrogen (secondary N) is 1. The van der Waals surface area contributed by atoms with Gasteiger partial charge in [-0.25, -0.2) is 4.68 Å². The second-order valence-corrected chi connectivity index (χ2v) is 5.08. The molecule has 2 unspecified atom stereocenters. The van der Waals surface area contributed by atoms with E-state index in [9.17, 15) is 9.59 Å². The van der Waals surface area contributed by atoms with Gasteiger partial charge in [-0.1, -0.05) is 30.3 Å². The van der Waals surface area contributed by atoms with Gasteiger partial charge >= 0.3 is 0 Å². The van der Waals surface area contributed by atoms with E-state index in [1.54, 1.807) is 18.8 Å². The van der Waals surface area contributed by atoms with Crippen molar-refractivity contribution in [2.24, 2.45) is 5.92 Å². The van der Waals surface area contributed by atoms with Crippen molar-refractivity contribution in [3.8, 4) is 0 Å². The first kappa shape index (κ1) is 13.3. The normalized spacial score (nSPS) is 20.6. The Morgan fingerprint density at radius 3 is 2.67 bits per heavy atom. The molecule has 3 rings (SSSR count). The molecule has 1 aliphatic heterocycles. The summed E-state index contributed by atoms with van der Waals surface area (Å²) in [7, 11) is 3.27. The van der Waals surface area contributed by atoms with Gasteiger partial charge < -0.3 is 4.90 Å². The third-order valence-corrected chi connectivity index (χ3v) is 3.52. The van der Waals surface area contributed by atoms with Crippen LogP contribution in [-0.4, -0.2) is 45.6 Å². The van der Waals surface area contributed by atoms with Crippen molar-refractivity contribution in [2.75, 3.05) is 19.4 Å². The van der Waals surface area contributed by atoms with Crippen LogP contribution in [0.4, 0.5) is 5.95 Å². The Labute approximate surface area is 121 Å². The van der Waals surface area contributed by atoms with Crippen molar-refractivity contribution in [2.45, 2.75) is 6.04 Å². The predicted octanol–water partition coefficient (Wildman–Crippen LogP) is 0.524. The zero-order chi connectivity index (χ0) is 15.0. The van der Waals surface area contributed by atoms with Crippen LogP contribution in [0, 0.1) is 5.92 Å². The standard InChI is InChI=1S/C14H15N5O2/c1-18(2)13(21)10-11(9-6-4-3-5-7-9)19-14(15-8-16-19)17-12(10)20/h3-8,10-11H,1-2H3,(H,15,16,17,20). The molecule has 7 heteroatoms. The molecule has 0 saturated heterocycles. The molecule has 2 heterocycles. The molecule has 0 radical (unpaired) electrons. The van der Waals surface area contributed by atoms with E-state index in [2.05, 4.69) is 15.4 Å². The summed E-state index contributed by atoms with van der Waals surface area (Å²) < 4.78 is 1.59. The third kappa shape index (κ3) is 2.16. The quantitative estimate of drug-likeness (QED) is 0.816. The number of aromatic nitrogens is 3. The molecule has 2 aromatic rings. The van der Waals surface area contributed by atoms with Crippen LogP contribution in [0.1, 0.15) is 11.6 Å². The minimum absolute atomic E-state index is 0.262. The molecule has 21 heavy (non-hydrogen) atoms. The second-order valence-electron chi connectivity index (χ2n) is 5.08. The Bertz CT molecular complexity index is 680. The lowest BCUT2D eigenvalue weighted by Crippen LogP contribution is -2.47. The molecular formula is C14H15N5O2. The molecule has 7 nitrogen and oxygen atoms in total. The number of hydrogen-bond acceptors (Lipinski definition) is 4. The van der Waals surface area contributed by atoms with Gasteiger partial charge in [-0.05, 0) is 5.56 Å². The van der Waals surface area contributed by atoms with E-state index in [4.69, 9.17) is 0 Å². The van der Waals surface area contributed by atoms with Crippen molar-refractivity contribution in [3.05, 3.63) is 42.2 Å². The predicted molar refractivity (Wildman–Crippen MR) is 75.4 cm³/mol. The molecule has 1 aromatic carbocycles. The Morgan fingerprint density at radius 1 is 1.29 bits per heavy atom. The van der Waals surface area contributed by atoms with Crippen molar-refractivity contribution >= 4 is 17.8 Å². The van der Waals surface area contributed by atoms with E-state index < -0.39 is 12.0 Å². The molecule has 2 amide bonds. The smallest absolute Gasteiger partial charge is 0.241 e. The highest BCUT2D eigenvalue weighted by Crippen LogP contribution is 2.33. The first-order valence-electron chi connectivity index (χ1n) is 6.56. The van der Waals surface area contributed by atoms with Gasteiger partial charge in [0, 0.05) is 14.1 Å². The third-order valence-electron chi connectivity index (χ3n) is 3.52. The second kappa shape index (κ2) is 5.01. The van der Waals surface area contributed by atoms with Gasteiger partial charge in [0.15, 0.2) is 0 Å². The lowest BCUT2D eigenvalue weighted by molar-refractivity contribution is -0.140. The van der Waals surface area contributed by atoms with Crippen LogP contribution in [-0.2, 0) is 9.59 Å². The number of carbonyl (C=O) groups is 2. The van der Waals surface area contributed by atoms with Crippen LogP contribution in [0.15, 0.2) is 36.7 Å². The number of fused-ring (bicyclic) bond motifs is 1. The summed E-state index contributed by atoms with van der Waals surface area (Å²) in [5.74, 6) is -1.13. The molecule has 2 atom stereocenters. The number of anilines is 1. The zero-order valence-corrected chi connectivity index (χ0v) is 11.7. The van der Waals surface area contributed by atoms with Crippen molar-refractivity contribution in [1.82, 2.24) is 19.7 Å². The highest BCUT2D eigenvalue weighted by Gasteiger charge is 2.43. The Morgan fingerprint density at radius 2 is 2.00 bits per heavy atom. The highest BCUT2D eigenvalue weighted by atomic mass is 16.2. The van der Waals surface area contributed by atoms with E-state index in [0.29, 0.717) is 5.95 Å². The lowest BCUT2D eigenvalue weighted by atomic mass is 9.90. The maximum atomic E-state index is 12.4. The first-order valence-corrected chi connectivity index (χ1v) is 6.56. The van der Waals surface area contributed by atoms with E-state index in [-0.39, 0.29) is 11.8 Å². The molecular weight excluding hydrogens is 270 g/mol. The fraction of sp³-hybridized carbons (Fsp3) is 0.286. The van der Waals surface area contributed by atoms with Crippen LogP contribution in [0.3, 0.4) is 0 Å². The average molecular weight is 285 g/mol. The Kier molecular flexibility index (Phi) is 3.17. The van der Waals surface area contributed by atoms with Gasteiger partial charge in [0.25, 0.3) is 0 Å². The number of rotatable bonds is 2. The number of hydrogen-bond donors (Lipinski definition) is 1. The molecule has 0 aliphatic carbocycles. The van der Waals surface area contributed by atoms with Gasteiger partial charge in [0.1, 0.15) is 18.3 Å². The molecule has 1 aromatic heterocycles. The number of carbonyl (C=O) groups excluding carboxylic acids is 2. The minimum Gasteiger partial charge on any atom is -0.348 e. The van der Waals surface area contributed by atoms with Gasteiger partial charge in [-0.15, -0.1) is 0 Å². The SMILES string of the molecule is CN(C)C(=O)C1C(=O)Nc2ncnn2C1c1ccccc1. The summed E-state index contributed by atoms with van der Waals surface area (Å²) >= 11 is 0.